The van der Waals surface area contributed by atoms with Crippen molar-refractivity contribution in [3.63, 3.8) is 0 Å². The van der Waals surface area contributed by atoms with Gasteiger partial charge in [-0.05, 0) is 19.1 Å². The predicted molar refractivity (Wildman–Crippen MR) is 115 cm³/mol. The first-order valence-corrected chi connectivity index (χ1v) is 9.64. The molecule has 0 saturated carbocycles. The summed E-state index contributed by atoms with van der Waals surface area (Å²) in [5.41, 5.74) is 4.91. The summed E-state index contributed by atoms with van der Waals surface area (Å²) in [5, 5.41) is 25.6. The highest BCUT2D eigenvalue weighted by Crippen LogP contribution is 2.18. The SMILES string of the molecule is Cc1ccc(NC(=O)CSc2nnc(N/N=C/c3cccc([N+](=O)[O-])c3)n2N)cc1. The summed E-state index contributed by atoms with van der Waals surface area (Å²) in [6.07, 6.45) is 1.39. The van der Waals surface area contributed by atoms with Crippen molar-refractivity contribution in [3.05, 3.63) is 69.8 Å². The van der Waals surface area contributed by atoms with Gasteiger partial charge in [-0.15, -0.1) is 10.2 Å². The molecule has 3 aromatic rings. The molecule has 0 aliphatic heterocycles. The van der Waals surface area contributed by atoms with Gasteiger partial charge in [-0.2, -0.15) is 5.10 Å². The van der Waals surface area contributed by atoms with Crippen LogP contribution in [-0.2, 0) is 4.79 Å². The molecule has 1 aromatic heterocycles. The van der Waals surface area contributed by atoms with Gasteiger partial charge in [0.1, 0.15) is 0 Å². The maximum atomic E-state index is 12.1. The summed E-state index contributed by atoms with van der Waals surface area (Å²) in [7, 11) is 0. The zero-order valence-electron chi connectivity index (χ0n) is 15.8. The van der Waals surface area contributed by atoms with Crippen molar-refractivity contribution in [2.24, 2.45) is 5.10 Å². The number of hydrogen-bond acceptors (Lipinski definition) is 9. The lowest BCUT2D eigenvalue weighted by Gasteiger charge is -2.05. The first-order valence-electron chi connectivity index (χ1n) is 8.66. The van der Waals surface area contributed by atoms with Gasteiger partial charge < -0.3 is 11.2 Å². The number of amides is 1. The van der Waals surface area contributed by atoms with Gasteiger partial charge in [0.25, 0.3) is 11.6 Å². The lowest BCUT2D eigenvalue weighted by atomic mass is 10.2. The van der Waals surface area contributed by atoms with Crippen LogP contribution in [0.4, 0.5) is 17.3 Å². The third-order valence-electron chi connectivity index (χ3n) is 3.79. The number of nitrogens with zero attached hydrogens (tertiary/aromatic N) is 5. The average Bonchev–Trinajstić information content (AvgIpc) is 3.08. The molecule has 0 aliphatic rings. The predicted octanol–water partition coefficient (Wildman–Crippen LogP) is 2.39. The Morgan fingerprint density at radius 2 is 2.07 bits per heavy atom. The number of carbonyl (C=O) groups excluding carboxylic acids is 1. The standard InChI is InChI=1S/C18H18N8O3S/c1-12-5-7-14(8-6-12)21-16(27)11-30-18-24-23-17(25(18)19)22-20-10-13-3-2-4-15(9-13)26(28)29/h2-10H,11,19H2,1H3,(H,21,27)(H,22,23)/b20-10+. The number of nitrogens with two attached hydrogens (primary N) is 1. The van der Waals surface area contributed by atoms with E-state index in [2.05, 4.69) is 26.0 Å². The van der Waals surface area contributed by atoms with Crippen LogP contribution in [0.25, 0.3) is 0 Å². The number of anilines is 2. The van der Waals surface area contributed by atoms with Crippen LogP contribution in [0.15, 0.2) is 58.8 Å². The fourth-order valence-corrected chi connectivity index (χ4v) is 2.96. The molecule has 0 saturated heterocycles. The number of benzene rings is 2. The van der Waals surface area contributed by atoms with Crippen molar-refractivity contribution in [3.8, 4) is 0 Å². The Morgan fingerprint density at radius 3 is 2.80 bits per heavy atom. The summed E-state index contributed by atoms with van der Waals surface area (Å²) in [5.74, 6) is 5.96. The van der Waals surface area contributed by atoms with E-state index in [0.717, 1.165) is 22.0 Å². The maximum Gasteiger partial charge on any atom is 0.270 e. The van der Waals surface area contributed by atoms with Gasteiger partial charge in [0, 0.05) is 23.4 Å². The highest BCUT2D eigenvalue weighted by molar-refractivity contribution is 7.99. The number of nitro groups is 1. The minimum absolute atomic E-state index is 0.0384. The summed E-state index contributed by atoms with van der Waals surface area (Å²) >= 11 is 1.12. The van der Waals surface area contributed by atoms with Crippen LogP contribution >= 0.6 is 11.8 Å². The van der Waals surface area contributed by atoms with Gasteiger partial charge in [0.15, 0.2) is 0 Å². The highest BCUT2D eigenvalue weighted by atomic mass is 32.2. The molecule has 4 N–H and O–H groups in total. The molecule has 30 heavy (non-hydrogen) atoms. The summed E-state index contributed by atoms with van der Waals surface area (Å²) in [6, 6.07) is 13.5. The molecule has 0 spiro atoms. The molecule has 0 bridgehead atoms. The van der Waals surface area contributed by atoms with E-state index >= 15 is 0 Å². The Bertz CT molecular complexity index is 1080. The number of nitrogen functional groups attached to an aromatic ring is 1. The molecule has 12 heteroatoms. The minimum atomic E-state index is -0.486. The Labute approximate surface area is 175 Å². The van der Waals surface area contributed by atoms with Crippen molar-refractivity contribution in [2.75, 3.05) is 22.3 Å². The Morgan fingerprint density at radius 1 is 1.30 bits per heavy atom. The van der Waals surface area contributed by atoms with Crippen LogP contribution in [0.3, 0.4) is 0 Å². The maximum absolute atomic E-state index is 12.1. The number of carbonyl (C=O) groups is 1. The van der Waals surface area contributed by atoms with E-state index in [1.165, 1.54) is 18.3 Å². The van der Waals surface area contributed by atoms with Crippen molar-refractivity contribution >= 4 is 41.2 Å². The van der Waals surface area contributed by atoms with Gasteiger partial charge >= 0.3 is 0 Å². The normalized spacial score (nSPS) is 10.8. The molecule has 0 fully saturated rings. The molecular formula is C18H18N8O3S. The zero-order valence-corrected chi connectivity index (χ0v) is 16.7. The summed E-state index contributed by atoms with van der Waals surface area (Å²) in [4.78, 5) is 22.4. The molecule has 1 amide bonds. The lowest BCUT2D eigenvalue weighted by Crippen LogP contribution is -2.16. The molecule has 154 valence electrons. The second-order valence-corrected chi connectivity index (χ2v) is 7.04. The van der Waals surface area contributed by atoms with Crippen LogP contribution in [0.1, 0.15) is 11.1 Å². The molecule has 11 nitrogen and oxygen atoms in total. The Hall–Kier alpha value is -3.93. The quantitative estimate of drug-likeness (QED) is 0.163. The third kappa shape index (κ3) is 5.54. The van der Waals surface area contributed by atoms with Gasteiger partial charge in [0.2, 0.25) is 11.1 Å². The van der Waals surface area contributed by atoms with Crippen LogP contribution in [0, 0.1) is 17.0 Å². The number of nitro benzene ring substituents is 1. The number of non-ortho nitro benzene ring substituents is 1. The monoisotopic (exact) mass is 426 g/mol. The van der Waals surface area contributed by atoms with E-state index in [-0.39, 0.29) is 23.3 Å². The lowest BCUT2D eigenvalue weighted by molar-refractivity contribution is -0.384. The number of nitrogens with one attached hydrogen (secondary N) is 2. The fourth-order valence-electron chi connectivity index (χ4n) is 2.30. The van der Waals surface area contributed by atoms with E-state index in [1.807, 2.05) is 31.2 Å². The molecule has 2 aromatic carbocycles. The zero-order chi connectivity index (χ0) is 21.5. The number of thioether (sulfide) groups is 1. The first-order chi connectivity index (χ1) is 14.4. The van der Waals surface area contributed by atoms with E-state index in [9.17, 15) is 14.9 Å². The number of hydrogen-bond donors (Lipinski definition) is 3. The second-order valence-electron chi connectivity index (χ2n) is 6.10. The molecule has 3 rings (SSSR count). The largest absolute Gasteiger partial charge is 0.334 e. The third-order valence-corrected chi connectivity index (χ3v) is 4.73. The van der Waals surface area contributed by atoms with Crippen molar-refractivity contribution in [2.45, 2.75) is 12.1 Å². The van der Waals surface area contributed by atoms with Gasteiger partial charge in [-0.1, -0.05) is 41.6 Å². The van der Waals surface area contributed by atoms with Crippen LogP contribution in [0.2, 0.25) is 0 Å². The van der Waals surface area contributed by atoms with Crippen LogP contribution in [0.5, 0.6) is 0 Å². The molecule has 0 aliphatic carbocycles. The fraction of sp³-hybridized carbons (Fsp3) is 0.111. The topological polar surface area (TPSA) is 153 Å². The molecule has 1 heterocycles. The van der Waals surface area contributed by atoms with E-state index < -0.39 is 4.92 Å². The molecule has 0 radical (unpaired) electrons. The molecule has 0 atom stereocenters. The number of rotatable bonds is 8. The second kappa shape index (κ2) is 9.52. The minimum Gasteiger partial charge on any atom is -0.334 e. The first kappa shape index (κ1) is 20.8. The van der Waals surface area contributed by atoms with Crippen LogP contribution in [-0.4, -0.2) is 37.7 Å². The number of aryl methyl sites for hydroxylation is 1. The van der Waals surface area contributed by atoms with Crippen LogP contribution < -0.4 is 16.6 Å². The van der Waals surface area contributed by atoms with Gasteiger partial charge in [-0.25, -0.2) is 10.1 Å². The van der Waals surface area contributed by atoms with E-state index in [1.54, 1.807) is 12.1 Å². The molecular weight excluding hydrogens is 408 g/mol. The Balaban J connectivity index is 1.54. The van der Waals surface area contributed by atoms with Gasteiger partial charge in [0.05, 0.1) is 16.9 Å². The van der Waals surface area contributed by atoms with E-state index in [4.69, 9.17) is 5.84 Å². The summed E-state index contributed by atoms with van der Waals surface area (Å²) in [6.45, 7) is 1.97. The number of aromatic nitrogens is 3. The Kier molecular flexibility index (Phi) is 6.60. The van der Waals surface area contributed by atoms with Crippen molar-refractivity contribution in [1.82, 2.24) is 14.9 Å². The van der Waals surface area contributed by atoms with Crippen molar-refractivity contribution < 1.29 is 9.72 Å². The molecule has 0 unspecified atom stereocenters. The van der Waals surface area contributed by atoms with E-state index in [0.29, 0.717) is 16.4 Å². The number of hydrazone groups is 1. The van der Waals surface area contributed by atoms with Crippen molar-refractivity contribution in [1.29, 1.82) is 0 Å². The summed E-state index contributed by atoms with van der Waals surface area (Å²) < 4.78 is 1.16. The van der Waals surface area contributed by atoms with Gasteiger partial charge in [-0.3, -0.25) is 14.9 Å². The average molecular weight is 426 g/mol. The highest BCUT2D eigenvalue weighted by Gasteiger charge is 2.12. The smallest absolute Gasteiger partial charge is 0.270 e.